The van der Waals surface area contributed by atoms with E-state index in [-0.39, 0.29) is 0 Å². The second-order valence-electron chi connectivity index (χ2n) is 5.34. The van der Waals surface area contributed by atoms with Crippen LogP contribution in [0.5, 0.6) is 0 Å². The van der Waals surface area contributed by atoms with Crippen molar-refractivity contribution in [3.63, 3.8) is 0 Å². The summed E-state index contributed by atoms with van der Waals surface area (Å²) in [5.41, 5.74) is 5.52. The highest BCUT2D eigenvalue weighted by atomic mass is 32.2. The lowest BCUT2D eigenvalue weighted by Crippen LogP contribution is -2.25. The van der Waals surface area contributed by atoms with Crippen LogP contribution in [0.1, 0.15) is 41.6 Å². The molecule has 2 rings (SSSR count). The zero-order chi connectivity index (χ0) is 15.2. The molecule has 1 heterocycles. The molecule has 3 nitrogen and oxygen atoms in total. The van der Waals surface area contributed by atoms with Gasteiger partial charge in [-0.3, -0.25) is 0 Å². The van der Waals surface area contributed by atoms with Crippen LogP contribution in [0.4, 0.5) is 0 Å². The summed E-state index contributed by atoms with van der Waals surface area (Å²) >= 11 is 3.25. The molecule has 1 aromatic heterocycles. The first-order valence-electron chi connectivity index (χ1n) is 7.32. The Balaban J connectivity index is 2.18. The van der Waals surface area contributed by atoms with Gasteiger partial charge in [0.2, 0.25) is 0 Å². The molecule has 0 fully saturated rings. The number of aromatic nitrogens is 2. The molecule has 2 aromatic rings. The van der Waals surface area contributed by atoms with Crippen LogP contribution in [0.2, 0.25) is 0 Å². The van der Waals surface area contributed by atoms with Gasteiger partial charge in [-0.05, 0) is 62.0 Å². The molecule has 21 heavy (non-hydrogen) atoms. The van der Waals surface area contributed by atoms with Gasteiger partial charge in [0.15, 0.2) is 4.34 Å². The van der Waals surface area contributed by atoms with Gasteiger partial charge in [0.05, 0.1) is 0 Å². The maximum Gasteiger partial charge on any atom is 0.169 e. The first-order valence-corrected chi connectivity index (χ1v) is 9.08. The number of nitrogens with one attached hydrogen (secondary N) is 1. The van der Waals surface area contributed by atoms with Crippen molar-refractivity contribution in [3.8, 4) is 0 Å². The Bertz CT molecular complexity index is 544. The van der Waals surface area contributed by atoms with E-state index in [4.69, 9.17) is 0 Å². The summed E-state index contributed by atoms with van der Waals surface area (Å²) < 4.78 is 5.11. The molecule has 0 spiro atoms. The predicted octanol–water partition coefficient (Wildman–Crippen LogP) is 4.30. The summed E-state index contributed by atoms with van der Waals surface area (Å²) in [6, 6.07) is 4.91. The van der Waals surface area contributed by atoms with Crippen LogP contribution < -0.4 is 5.32 Å². The number of nitrogens with zero attached hydrogens (tertiary/aromatic N) is 2. The summed E-state index contributed by atoms with van der Waals surface area (Å²) in [5.74, 6) is 0.986. The standard InChI is InChI=1S/C16H23N3S2/c1-5-6-17-14(9-20-16-18-10-19-21-16)15-12(3)7-11(2)8-13(15)4/h7-8,10,14,17H,5-6,9H2,1-4H3. The molecular weight excluding hydrogens is 298 g/mol. The molecule has 0 saturated heterocycles. The molecule has 5 heteroatoms. The van der Waals surface area contributed by atoms with Gasteiger partial charge in [-0.25, -0.2) is 4.98 Å². The Morgan fingerprint density at radius 3 is 2.52 bits per heavy atom. The number of thioether (sulfide) groups is 1. The monoisotopic (exact) mass is 321 g/mol. The Kier molecular flexibility index (Phi) is 6.21. The van der Waals surface area contributed by atoms with E-state index in [0.29, 0.717) is 6.04 Å². The van der Waals surface area contributed by atoms with Gasteiger partial charge < -0.3 is 5.32 Å². The lowest BCUT2D eigenvalue weighted by Gasteiger charge is -2.23. The van der Waals surface area contributed by atoms with E-state index in [2.05, 4.69) is 54.5 Å². The molecule has 0 bridgehead atoms. The van der Waals surface area contributed by atoms with Crippen molar-refractivity contribution in [1.29, 1.82) is 0 Å². The third kappa shape index (κ3) is 4.53. The largest absolute Gasteiger partial charge is 0.309 e. The second-order valence-corrected chi connectivity index (χ2v) is 7.38. The average Bonchev–Trinajstić information content (AvgIpc) is 2.93. The molecule has 1 N–H and O–H groups in total. The van der Waals surface area contributed by atoms with Crippen LogP contribution in [0.25, 0.3) is 0 Å². The first-order chi connectivity index (χ1) is 10.1. The molecule has 0 radical (unpaired) electrons. The highest BCUT2D eigenvalue weighted by Gasteiger charge is 2.17. The van der Waals surface area contributed by atoms with Crippen LogP contribution in [-0.4, -0.2) is 21.7 Å². The topological polar surface area (TPSA) is 37.8 Å². The zero-order valence-electron chi connectivity index (χ0n) is 13.1. The molecular formula is C16H23N3S2. The van der Waals surface area contributed by atoms with Crippen molar-refractivity contribution in [1.82, 2.24) is 14.7 Å². The van der Waals surface area contributed by atoms with Gasteiger partial charge in [0.25, 0.3) is 0 Å². The normalized spacial score (nSPS) is 12.6. The van der Waals surface area contributed by atoms with Crippen LogP contribution in [0, 0.1) is 20.8 Å². The number of hydrogen-bond acceptors (Lipinski definition) is 5. The fourth-order valence-electron chi connectivity index (χ4n) is 2.68. The molecule has 114 valence electrons. The average molecular weight is 322 g/mol. The Hall–Kier alpha value is -0.910. The SMILES string of the molecule is CCCNC(CSc1ncns1)c1c(C)cc(C)cc1C. The molecule has 1 aromatic carbocycles. The van der Waals surface area contributed by atoms with Crippen molar-refractivity contribution in [2.24, 2.45) is 0 Å². The molecule has 1 atom stereocenters. The molecule has 1 unspecified atom stereocenters. The molecule has 0 amide bonds. The highest BCUT2D eigenvalue weighted by molar-refractivity contribution is 8.00. The maximum atomic E-state index is 4.26. The Morgan fingerprint density at radius 2 is 1.95 bits per heavy atom. The maximum absolute atomic E-state index is 4.26. The van der Waals surface area contributed by atoms with Crippen LogP contribution in [-0.2, 0) is 0 Å². The third-order valence-electron chi connectivity index (χ3n) is 3.44. The van der Waals surface area contributed by atoms with E-state index in [1.807, 2.05) is 0 Å². The minimum absolute atomic E-state index is 0.361. The smallest absolute Gasteiger partial charge is 0.169 e. The minimum Gasteiger partial charge on any atom is -0.309 e. The lowest BCUT2D eigenvalue weighted by molar-refractivity contribution is 0.572. The highest BCUT2D eigenvalue weighted by Crippen LogP contribution is 2.29. The van der Waals surface area contributed by atoms with E-state index in [1.165, 1.54) is 33.8 Å². The van der Waals surface area contributed by atoms with Crippen molar-refractivity contribution in [2.45, 2.75) is 44.5 Å². The number of rotatable bonds is 7. The molecule has 0 aliphatic rings. The molecule has 0 aliphatic heterocycles. The van der Waals surface area contributed by atoms with E-state index < -0.39 is 0 Å². The summed E-state index contributed by atoms with van der Waals surface area (Å²) in [6.07, 6.45) is 2.77. The van der Waals surface area contributed by atoms with E-state index in [0.717, 1.165) is 23.1 Å². The number of hydrogen-bond donors (Lipinski definition) is 1. The zero-order valence-corrected chi connectivity index (χ0v) is 14.8. The van der Waals surface area contributed by atoms with E-state index in [1.54, 1.807) is 18.1 Å². The summed E-state index contributed by atoms with van der Waals surface area (Å²) in [6.45, 7) is 9.83. The van der Waals surface area contributed by atoms with Gasteiger partial charge in [0.1, 0.15) is 6.33 Å². The van der Waals surface area contributed by atoms with E-state index >= 15 is 0 Å². The number of aryl methyl sites for hydroxylation is 3. The Morgan fingerprint density at radius 1 is 1.24 bits per heavy atom. The van der Waals surface area contributed by atoms with Gasteiger partial charge in [-0.2, -0.15) is 4.37 Å². The lowest BCUT2D eigenvalue weighted by atomic mass is 9.95. The van der Waals surface area contributed by atoms with Crippen molar-refractivity contribution in [2.75, 3.05) is 12.3 Å². The second kappa shape index (κ2) is 7.92. The molecule has 0 aliphatic carbocycles. The van der Waals surface area contributed by atoms with Crippen LogP contribution in [0.3, 0.4) is 0 Å². The molecule has 0 saturated carbocycles. The number of benzene rings is 1. The fraction of sp³-hybridized carbons (Fsp3) is 0.500. The van der Waals surface area contributed by atoms with Crippen molar-refractivity contribution >= 4 is 23.3 Å². The first kappa shape index (κ1) is 16.5. The minimum atomic E-state index is 0.361. The van der Waals surface area contributed by atoms with Crippen LogP contribution in [0.15, 0.2) is 22.8 Å². The van der Waals surface area contributed by atoms with Gasteiger partial charge in [0, 0.05) is 11.8 Å². The quantitative estimate of drug-likeness (QED) is 0.772. The summed E-state index contributed by atoms with van der Waals surface area (Å²) in [7, 11) is 0. The van der Waals surface area contributed by atoms with Crippen LogP contribution >= 0.6 is 23.3 Å². The Labute approximate surface area is 135 Å². The van der Waals surface area contributed by atoms with Gasteiger partial charge in [-0.1, -0.05) is 36.4 Å². The van der Waals surface area contributed by atoms with Gasteiger partial charge >= 0.3 is 0 Å². The fourth-order valence-corrected chi connectivity index (χ4v) is 4.22. The predicted molar refractivity (Wildman–Crippen MR) is 92.3 cm³/mol. The van der Waals surface area contributed by atoms with E-state index in [9.17, 15) is 0 Å². The third-order valence-corrected chi connectivity index (χ3v) is 5.33. The van der Waals surface area contributed by atoms with Gasteiger partial charge in [-0.15, -0.1) is 0 Å². The summed E-state index contributed by atoms with van der Waals surface area (Å²) in [5, 5.41) is 3.68. The van der Waals surface area contributed by atoms with Crippen molar-refractivity contribution < 1.29 is 0 Å². The summed E-state index contributed by atoms with van der Waals surface area (Å²) in [4.78, 5) is 4.26. The van der Waals surface area contributed by atoms with Crippen molar-refractivity contribution in [3.05, 3.63) is 40.7 Å².